The number of aliphatic imine (C=N–C) groups is 1. The molecule has 1 aliphatic rings. The molecular formula is C15H21N3S. The molecule has 0 radical (unpaired) electrons. The van der Waals surface area contributed by atoms with E-state index in [4.69, 9.17) is 11.5 Å². The van der Waals surface area contributed by atoms with Crippen molar-refractivity contribution in [2.45, 2.75) is 30.9 Å². The van der Waals surface area contributed by atoms with Gasteiger partial charge >= 0.3 is 0 Å². The lowest BCUT2D eigenvalue weighted by Crippen LogP contribution is -2.16. The molecule has 0 unspecified atom stereocenters. The number of allylic oxidation sites excluding steroid dienone is 1. The summed E-state index contributed by atoms with van der Waals surface area (Å²) in [7, 11) is 0. The molecular weight excluding hydrogens is 254 g/mol. The second-order valence-electron chi connectivity index (χ2n) is 4.82. The molecule has 0 aliphatic heterocycles. The third-order valence-electron chi connectivity index (χ3n) is 3.41. The van der Waals surface area contributed by atoms with Crippen molar-refractivity contribution in [1.29, 1.82) is 0 Å². The normalized spacial score (nSPS) is 18.4. The van der Waals surface area contributed by atoms with Crippen LogP contribution >= 0.6 is 11.8 Å². The van der Waals surface area contributed by atoms with Gasteiger partial charge in [0.15, 0.2) is 0 Å². The average Bonchev–Trinajstić information content (AvgIpc) is 3.20. The highest BCUT2D eigenvalue weighted by Gasteiger charge is 2.45. The van der Waals surface area contributed by atoms with Crippen LogP contribution < -0.4 is 11.5 Å². The van der Waals surface area contributed by atoms with Gasteiger partial charge in [-0.1, -0.05) is 13.0 Å². The van der Waals surface area contributed by atoms with Gasteiger partial charge in [0.2, 0.25) is 0 Å². The number of anilines is 1. The Kier molecular flexibility index (Phi) is 4.20. The van der Waals surface area contributed by atoms with E-state index in [1.54, 1.807) is 0 Å². The number of amidine groups is 1. The number of nitrogens with two attached hydrogens (primary N) is 2. The number of thioether (sulfide) groups is 1. The van der Waals surface area contributed by atoms with E-state index in [0.29, 0.717) is 5.84 Å². The minimum atomic E-state index is 0.203. The summed E-state index contributed by atoms with van der Waals surface area (Å²) in [5.41, 5.74) is 14.6. The van der Waals surface area contributed by atoms with E-state index in [1.807, 2.05) is 36.0 Å². The molecule has 3 nitrogen and oxygen atoms in total. The summed E-state index contributed by atoms with van der Waals surface area (Å²) in [6, 6.07) is 7.53. The van der Waals surface area contributed by atoms with Crippen molar-refractivity contribution < 1.29 is 0 Å². The van der Waals surface area contributed by atoms with Crippen molar-refractivity contribution in [2.75, 3.05) is 12.0 Å². The van der Waals surface area contributed by atoms with Crippen LogP contribution in [-0.4, -0.2) is 16.8 Å². The smallest absolute Gasteiger partial charge is 0.130 e. The Balaban J connectivity index is 2.27. The highest BCUT2D eigenvalue weighted by Crippen LogP contribution is 2.53. The average molecular weight is 275 g/mol. The van der Waals surface area contributed by atoms with Gasteiger partial charge < -0.3 is 11.5 Å². The Labute approximate surface area is 119 Å². The second-order valence-corrected chi connectivity index (χ2v) is 6.00. The maximum absolute atomic E-state index is 6.11. The summed E-state index contributed by atoms with van der Waals surface area (Å²) in [4.78, 5) is 4.67. The first-order valence-electron chi connectivity index (χ1n) is 6.57. The topological polar surface area (TPSA) is 64.4 Å². The Morgan fingerprint density at radius 3 is 2.47 bits per heavy atom. The zero-order valence-corrected chi connectivity index (χ0v) is 12.3. The van der Waals surface area contributed by atoms with Gasteiger partial charge in [0, 0.05) is 11.3 Å². The summed E-state index contributed by atoms with van der Waals surface area (Å²) < 4.78 is 0.203. The molecule has 0 saturated heterocycles. The fourth-order valence-electron chi connectivity index (χ4n) is 2.05. The Hall–Kier alpha value is -1.42. The van der Waals surface area contributed by atoms with E-state index in [0.717, 1.165) is 23.4 Å². The highest BCUT2D eigenvalue weighted by molar-refractivity contribution is 8.00. The lowest BCUT2D eigenvalue weighted by molar-refractivity contribution is 1.01. The van der Waals surface area contributed by atoms with Gasteiger partial charge in [-0.15, -0.1) is 0 Å². The van der Waals surface area contributed by atoms with E-state index in [2.05, 4.69) is 24.2 Å². The van der Waals surface area contributed by atoms with Crippen LogP contribution in [0.3, 0.4) is 0 Å². The molecule has 4 N–H and O–H groups in total. The first kappa shape index (κ1) is 14.0. The van der Waals surface area contributed by atoms with E-state index in [9.17, 15) is 0 Å². The monoisotopic (exact) mass is 275 g/mol. The molecule has 0 aromatic heterocycles. The largest absolute Gasteiger partial charge is 0.399 e. The standard InChI is InChI=1S/C15H21N3S/c1-3-4-13(15(19-2)9-10-15)18-14(17)11-5-7-12(16)8-6-11/h4-8H,3,9-10,16H2,1-2H3,(H2,17,18)/b13-4-. The van der Waals surface area contributed by atoms with Crippen LogP contribution in [-0.2, 0) is 0 Å². The Bertz CT molecular complexity index is 499. The quantitative estimate of drug-likeness (QED) is 0.493. The van der Waals surface area contributed by atoms with Gasteiger partial charge in [-0.2, -0.15) is 11.8 Å². The van der Waals surface area contributed by atoms with Gasteiger partial charge in [0.1, 0.15) is 5.84 Å². The third-order valence-corrected chi connectivity index (χ3v) is 4.81. The Morgan fingerprint density at radius 2 is 2.00 bits per heavy atom. The van der Waals surface area contributed by atoms with Crippen LogP contribution in [0.5, 0.6) is 0 Å². The molecule has 0 spiro atoms. The fourth-order valence-corrected chi connectivity index (χ4v) is 2.90. The number of hydrogen-bond donors (Lipinski definition) is 2. The van der Waals surface area contributed by atoms with Crippen LogP contribution in [0.25, 0.3) is 0 Å². The van der Waals surface area contributed by atoms with Gasteiger partial charge in [0.25, 0.3) is 0 Å². The molecule has 0 heterocycles. The van der Waals surface area contributed by atoms with Crippen LogP contribution in [0.2, 0.25) is 0 Å². The molecule has 1 aliphatic carbocycles. The summed E-state index contributed by atoms with van der Waals surface area (Å²) in [5, 5.41) is 0. The maximum Gasteiger partial charge on any atom is 0.130 e. The lowest BCUT2D eigenvalue weighted by atomic mass is 10.2. The van der Waals surface area contributed by atoms with Crippen molar-refractivity contribution >= 4 is 23.3 Å². The summed E-state index contributed by atoms with van der Waals surface area (Å²) >= 11 is 1.87. The van der Waals surface area contributed by atoms with Crippen molar-refractivity contribution in [3.05, 3.63) is 41.6 Å². The predicted octanol–water partition coefficient (Wildman–Crippen LogP) is 3.16. The third kappa shape index (κ3) is 3.13. The van der Waals surface area contributed by atoms with Crippen LogP contribution in [0.15, 0.2) is 41.0 Å². The fraction of sp³-hybridized carbons (Fsp3) is 0.400. The molecule has 1 fully saturated rings. The van der Waals surface area contributed by atoms with Crippen LogP contribution in [0, 0.1) is 0 Å². The Morgan fingerprint density at radius 1 is 1.37 bits per heavy atom. The van der Waals surface area contributed by atoms with E-state index >= 15 is 0 Å². The van der Waals surface area contributed by atoms with Crippen molar-refractivity contribution in [3.63, 3.8) is 0 Å². The predicted molar refractivity (Wildman–Crippen MR) is 85.4 cm³/mol. The van der Waals surface area contributed by atoms with Gasteiger partial charge in [-0.3, -0.25) is 0 Å². The molecule has 4 heteroatoms. The number of nitrogens with zero attached hydrogens (tertiary/aromatic N) is 1. The lowest BCUT2D eigenvalue weighted by Gasteiger charge is -2.14. The van der Waals surface area contributed by atoms with Crippen molar-refractivity contribution in [3.8, 4) is 0 Å². The molecule has 0 amide bonds. The minimum Gasteiger partial charge on any atom is -0.399 e. The van der Waals surface area contributed by atoms with Gasteiger partial charge in [-0.05, 0) is 49.8 Å². The first-order valence-corrected chi connectivity index (χ1v) is 7.79. The summed E-state index contributed by atoms with van der Waals surface area (Å²) in [6.07, 6.45) is 7.70. The highest BCUT2D eigenvalue weighted by atomic mass is 32.2. The summed E-state index contributed by atoms with van der Waals surface area (Å²) in [6.45, 7) is 2.13. The maximum atomic E-state index is 6.11. The van der Waals surface area contributed by atoms with E-state index in [-0.39, 0.29) is 4.75 Å². The first-order chi connectivity index (χ1) is 9.11. The van der Waals surface area contributed by atoms with Gasteiger partial charge in [0.05, 0.1) is 10.4 Å². The molecule has 1 aromatic rings. The molecule has 2 rings (SSSR count). The molecule has 0 bridgehead atoms. The number of benzene rings is 1. The molecule has 19 heavy (non-hydrogen) atoms. The van der Waals surface area contributed by atoms with Crippen molar-refractivity contribution in [1.82, 2.24) is 0 Å². The zero-order chi connectivity index (χ0) is 13.9. The van der Waals surface area contributed by atoms with Gasteiger partial charge in [-0.25, -0.2) is 4.99 Å². The van der Waals surface area contributed by atoms with Crippen LogP contribution in [0.1, 0.15) is 31.7 Å². The van der Waals surface area contributed by atoms with E-state index in [1.165, 1.54) is 12.8 Å². The van der Waals surface area contributed by atoms with Crippen molar-refractivity contribution in [2.24, 2.45) is 10.7 Å². The molecule has 1 saturated carbocycles. The number of nitrogen functional groups attached to an aromatic ring is 1. The van der Waals surface area contributed by atoms with E-state index < -0.39 is 0 Å². The SMILES string of the molecule is CC/C=C(\N=C(N)c1ccc(N)cc1)C1(SC)CC1. The zero-order valence-electron chi connectivity index (χ0n) is 11.5. The second kappa shape index (κ2) is 5.70. The minimum absolute atomic E-state index is 0.203. The molecule has 102 valence electrons. The number of rotatable bonds is 5. The van der Waals surface area contributed by atoms with Crippen LogP contribution in [0.4, 0.5) is 5.69 Å². The number of hydrogen-bond acceptors (Lipinski definition) is 3. The molecule has 1 aromatic carbocycles. The summed E-state index contributed by atoms with van der Waals surface area (Å²) in [5.74, 6) is 0.569. The molecule has 0 atom stereocenters.